The van der Waals surface area contributed by atoms with Gasteiger partial charge in [0.2, 0.25) is 0 Å². The number of rotatable bonds is 4. The lowest BCUT2D eigenvalue weighted by atomic mass is 9.87. The summed E-state index contributed by atoms with van der Waals surface area (Å²) < 4.78 is 24.4. The minimum absolute atomic E-state index is 0.130. The second-order valence-corrected chi connectivity index (χ2v) is 7.21. The van der Waals surface area contributed by atoms with Crippen molar-refractivity contribution in [3.63, 3.8) is 0 Å². The Labute approximate surface area is 93.3 Å². The van der Waals surface area contributed by atoms with Crippen LogP contribution in [0.15, 0.2) is 0 Å². The van der Waals surface area contributed by atoms with E-state index in [4.69, 9.17) is 5.73 Å². The van der Waals surface area contributed by atoms with E-state index in [9.17, 15) is 8.42 Å². The molecule has 0 bridgehead atoms. The molecule has 1 aliphatic rings. The van der Waals surface area contributed by atoms with Crippen molar-refractivity contribution < 1.29 is 8.42 Å². The van der Waals surface area contributed by atoms with E-state index in [0.717, 1.165) is 25.7 Å². The summed E-state index contributed by atoms with van der Waals surface area (Å²) in [6, 6.07) is 0. The maximum Gasteiger partial charge on any atom is 0.157 e. The van der Waals surface area contributed by atoms with Crippen molar-refractivity contribution >= 4 is 9.84 Å². The van der Waals surface area contributed by atoms with Crippen LogP contribution in [0.2, 0.25) is 0 Å². The van der Waals surface area contributed by atoms with Crippen molar-refractivity contribution in [2.75, 3.05) is 6.54 Å². The normalized spacial score (nSPS) is 30.1. The summed E-state index contributed by atoms with van der Waals surface area (Å²) in [5, 5.41) is -0.510. The van der Waals surface area contributed by atoms with E-state index in [1.54, 1.807) is 6.92 Å². The van der Waals surface area contributed by atoms with Crippen LogP contribution < -0.4 is 5.73 Å². The topological polar surface area (TPSA) is 60.2 Å². The fraction of sp³-hybridized carbons (Fsp3) is 1.00. The average Bonchev–Trinajstić information content (AvgIpc) is 2.27. The van der Waals surface area contributed by atoms with E-state index < -0.39 is 9.84 Å². The molecule has 1 saturated carbocycles. The van der Waals surface area contributed by atoms with Crippen molar-refractivity contribution in [2.24, 2.45) is 11.7 Å². The second kappa shape index (κ2) is 5.30. The molecule has 1 fully saturated rings. The fourth-order valence-corrected chi connectivity index (χ4v) is 4.73. The van der Waals surface area contributed by atoms with Crippen LogP contribution in [0.1, 0.15) is 46.0 Å². The summed E-state index contributed by atoms with van der Waals surface area (Å²) in [5.41, 5.74) is 5.47. The van der Waals surface area contributed by atoms with Gasteiger partial charge in [0.15, 0.2) is 9.84 Å². The highest BCUT2D eigenvalue weighted by molar-refractivity contribution is 7.92. The van der Waals surface area contributed by atoms with Crippen LogP contribution in [0, 0.1) is 5.92 Å². The van der Waals surface area contributed by atoms with Gasteiger partial charge in [-0.1, -0.05) is 26.2 Å². The van der Waals surface area contributed by atoms with Gasteiger partial charge in [-0.05, 0) is 25.7 Å². The number of hydrogen-bond donors (Lipinski definition) is 1. The first kappa shape index (κ1) is 13.0. The smallest absolute Gasteiger partial charge is 0.157 e. The van der Waals surface area contributed by atoms with Gasteiger partial charge in [-0.15, -0.1) is 0 Å². The summed E-state index contributed by atoms with van der Waals surface area (Å²) in [6.45, 7) is 4.07. The molecule has 0 aromatic rings. The highest BCUT2D eigenvalue weighted by Gasteiger charge is 2.36. The summed E-state index contributed by atoms with van der Waals surface area (Å²) in [7, 11) is -3.00. The zero-order valence-corrected chi connectivity index (χ0v) is 10.6. The summed E-state index contributed by atoms with van der Waals surface area (Å²) in [5.74, 6) is 0.359. The lowest BCUT2D eigenvalue weighted by molar-refractivity contribution is 0.346. The minimum atomic E-state index is -3.00. The molecule has 0 radical (unpaired) electrons. The van der Waals surface area contributed by atoms with Crippen LogP contribution in [0.25, 0.3) is 0 Å². The zero-order valence-electron chi connectivity index (χ0n) is 9.78. The van der Waals surface area contributed by atoms with Gasteiger partial charge in [0.1, 0.15) is 0 Å². The molecule has 0 aromatic carbocycles. The van der Waals surface area contributed by atoms with Crippen LogP contribution in [0.4, 0.5) is 0 Å². The van der Waals surface area contributed by atoms with E-state index in [1.807, 2.05) is 0 Å². The van der Waals surface area contributed by atoms with E-state index >= 15 is 0 Å². The molecule has 2 N–H and O–H groups in total. The Morgan fingerprint density at radius 1 is 1.33 bits per heavy atom. The van der Waals surface area contributed by atoms with E-state index in [-0.39, 0.29) is 17.0 Å². The molecule has 1 aliphatic carbocycles. The summed E-state index contributed by atoms with van der Waals surface area (Å²) >= 11 is 0. The molecule has 15 heavy (non-hydrogen) atoms. The molecule has 3 unspecified atom stereocenters. The SMILES string of the molecule is CCC1CCCCC1S(=O)(=O)C(C)CN. The van der Waals surface area contributed by atoms with Crippen molar-refractivity contribution in [2.45, 2.75) is 56.5 Å². The molecule has 0 aromatic heterocycles. The molecular weight excluding hydrogens is 210 g/mol. The van der Waals surface area contributed by atoms with Crippen molar-refractivity contribution in [3.8, 4) is 0 Å². The Balaban J connectivity index is 2.83. The molecule has 0 aliphatic heterocycles. The van der Waals surface area contributed by atoms with Crippen molar-refractivity contribution in [1.29, 1.82) is 0 Å². The standard InChI is InChI=1S/C11H23NO2S/c1-3-10-6-4-5-7-11(10)15(13,14)9(2)8-12/h9-11H,3-8,12H2,1-2H3. The van der Waals surface area contributed by atoms with Gasteiger partial charge in [0, 0.05) is 6.54 Å². The Morgan fingerprint density at radius 3 is 2.47 bits per heavy atom. The van der Waals surface area contributed by atoms with Gasteiger partial charge in [0.05, 0.1) is 10.5 Å². The maximum absolute atomic E-state index is 12.2. The molecule has 3 atom stereocenters. The highest BCUT2D eigenvalue weighted by Crippen LogP contribution is 2.33. The molecule has 0 spiro atoms. The van der Waals surface area contributed by atoms with Gasteiger partial charge in [0.25, 0.3) is 0 Å². The Hall–Kier alpha value is -0.0900. The molecule has 0 heterocycles. The number of sulfone groups is 1. The predicted molar refractivity (Wildman–Crippen MR) is 63.5 cm³/mol. The third kappa shape index (κ3) is 2.72. The van der Waals surface area contributed by atoms with E-state index in [0.29, 0.717) is 5.92 Å². The Bertz CT molecular complexity index is 287. The largest absolute Gasteiger partial charge is 0.329 e. The average molecular weight is 233 g/mol. The lowest BCUT2D eigenvalue weighted by Gasteiger charge is -2.32. The molecule has 90 valence electrons. The van der Waals surface area contributed by atoms with Gasteiger partial charge >= 0.3 is 0 Å². The highest BCUT2D eigenvalue weighted by atomic mass is 32.2. The van der Waals surface area contributed by atoms with E-state index in [2.05, 4.69) is 6.92 Å². The van der Waals surface area contributed by atoms with Crippen LogP contribution in [0.5, 0.6) is 0 Å². The zero-order chi connectivity index (χ0) is 11.5. The first-order valence-corrected chi connectivity index (χ1v) is 7.57. The molecular formula is C11H23NO2S. The number of hydrogen-bond acceptors (Lipinski definition) is 3. The predicted octanol–water partition coefficient (Wildman–Crippen LogP) is 1.72. The molecule has 3 nitrogen and oxygen atoms in total. The van der Waals surface area contributed by atoms with Gasteiger partial charge in [-0.3, -0.25) is 0 Å². The molecule has 4 heteroatoms. The maximum atomic E-state index is 12.2. The first-order chi connectivity index (χ1) is 7.04. The lowest BCUT2D eigenvalue weighted by Crippen LogP contribution is -2.40. The Morgan fingerprint density at radius 2 is 1.93 bits per heavy atom. The Kier molecular flexibility index (Phi) is 4.59. The van der Waals surface area contributed by atoms with Crippen LogP contribution in [-0.4, -0.2) is 25.5 Å². The summed E-state index contributed by atoms with van der Waals surface area (Å²) in [6.07, 6.45) is 5.11. The van der Waals surface area contributed by atoms with Gasteiger partial charge in [-0.25, -0.2) is 8.42 Å². The van der Waals surface area contributed by atoms with Crippen LogP contribution >= 0.6 is 0 Å². The van der Waals surface area contributed by atoms with Gasteiger partial charge in [-0.2, -0.15) is 0 Å². The second-order valence-electron chi connectivity index (χ2n) is 4.63. The van der Waals surface area contributed by atoms with Crippen LogP contribution in [0.3, 0.4) is 0 Å². The molecule has 0 amide bonds. The number of nitrogens with two attached hydrogens (primary N) is 1. The third-order valence-electron chi connectivity index (χ3n) is 3.68. The fourth-order valence-electron chi connectivity index (χ4n) is 2.51. The first-order valence-electron chi connectivity index (χ1n) is 5.96. The third-order valence-corrected chi connectivity index (χ3v) is 6.46. The minimum Gasteiger partial charge on any atom is -0.329 e. The molecule has 0 saturated heterocycles. The monoisotopic (exact) mass is 233 g/mol. The quantitative estimate of drug-likeness (QED) is 0.804. The van der Waals surface area contributed by atoms with Crippen molar-refractivity contribution in [1.82, 2.24) is 0 Å². The van der Waals surface area contributed by atoms with Gasteiger partial charge < -0.3 is 5.73 Å². The van der Waals surface area contributed by atoms with Crippen molar-refractivity contribution in [3.05, 3.63) is 0 Å². The molecule has 1 rings (SSSR count). The van der Waals surface area contributed by atoms with Crippen LogP contribution in [-0.2, 0) is 9.84 Å². The summed E-state index contributed by atoms with van der Waals surface area (Å²) in [4.78, 5) is 0. The van der Waals surface area contributed by atoms with E-state index in [1.165, 1.54) is 6.42 Å².